The van der Waals surface area contributed by atoms with E-state index in [1.165, 1.54) is 6.92 Å². The molecule has 6 nitrogen and oxygen atoms in total. The van der Waals surface area contributed by atoms with Crippen molar-refractivity contribution in [2.45, 2.75) is 38.3 Å². The molecule has 0 fully saturated rings. The fraction of sp³-hybridized carbons (Fsp3) is 0.750. The zero-order valence-corrected chi connectivity index (χ0v) is 8.29. The Kier molecular flexibility index (Phi) is 5.99. The molecule has 7 heteroatoms. The van der Waals surface area contributed by atoms with Crippen molar-refractivity contribution < 1.29 is 34.0 Å². The Balaban J connectivity index is 4.43. The molecule has 15 heavy (non-hydrogen) atoms. The van der Waals surface area contributed by atoms with E-state index >= 15 is 0 Å². The van der Waals surface area contributed by atoms with E-state index in [1.54, 1.807) is 0 Å². The molecule has 0 heterocycles. The molecule has 0 spiro atoms. The molecule has 0 rings (SSSR count). The van der Waals surface area contributed by atoms with Crippen LogP contribution in [0.3, 0.4) is 0 Å². The topological polar surface area (TPSA) is 93.1 Å². The van der Waals surface area contributed by atoms with Crippen LogP contribution < -0.4 is 0 Å². The average molecular weight is 224 g/mol. The van der Waals surface area contributed by atoms with Crippen molar-refractivity contribution in [1.29, 1.82) is 0 Å². The highest BCUT2D eigenvalue weighted by atomic mass is 19.1. The van der Waals surface area contributed by atoms with E-state index in [2.05, 4.69) is 9.78 Å². The molecule has 0 aromatic carbocycles. The highest BCUT2D eigenvalue weighted by molar-refractivity contribution is 5.65. The lowest BCUT2D eigenvalue weighted by Crippen LogP contribution is -2.44. The van der Waals surface area contributed by atoms with Crippen LogP contribution in [0.15, 0.2) is 0 Å². The zero-order chi connectivity index (χ0) is 12.0. The molecule has 0 aromatic rings. The van der Waals surface area contributed by atoms with Crippen LogP contribution in [0.2, 0.25) is 0 Å². The largest absolute Gasteiger partial charge is 0.391 e. The van der Waals surface area contributed by atoms with E-state index < -0.39 is 30.5 Å². The normalized spacial score (nSPS) is 18.7. The van der Waals surface area contributed by atoms with Crippen LogP contribution in [0.1, 0.15) is 13.8 Å². The Morgan fingerprint density at radius 3 is 2.33 bits per heavy atom. The molecule has 0 saturated carbocycles. The van der Waals surface area contributed by atoms with Gasteiger partial charge in [-0.25, -0.2) is 9.18 Å². The van der Waals surface area contributed by atoms with Crippen molar-refractivity contribution >= 4 is 12.3 Å². The minimum Gasteiger partial charge on any atom is -0.391 e. The summed E-state index contributed by atoms with van der Waals surface area (Å²) in [5, 5.41) is 18.2. The molecule has 0 radical (unpaired) electrons. The third-order valence-corrected chi connectivity index (χ3v) is 1.55. The smallest absolute Gasteiger partial charge is 0.339 e. The molecule has 0 aliphatic carbocycles. The van der Waals surface area contributed by atoms with Crippen LogP contribution in [0.25, 0.3) is 0 Å². The fourth-order valence-corrected chi connectivity index (χ4v) is 0.774. The maximum Gasteiger partial charge on any atom is 0.339 e. The molecule has 0 bridgehead atoms. The SMILES string of the molecule is CC(=O)OO[C@H]([C@H](O)[C@H](C)O)[C@H](F)C=O. The van der Waals surface area contributed by atoms with Crippen LogP contribution in [0, 0.1) is 0 Å². The molecule has 4 atom stereocenters. The number of aliphatic hydroxyl groups excluding tert-OH is 2. The van der Waals surface area contributed by atoms with Gasteiger partial charge in [-0.2, -0.15) is 4.89 Å². The monoisotopic (exact) mass is 224 g/mol. The number of hydrogen-bond donors (Lipinski definition) is 2. The Morgan fingerprint density at radius 2 is 2.00 bits per heavy atom. The highest BCUT2D eigenvalue weighted by Gasteiger charge is 2.34. The number of aliphatic hydroxyl groups is 2. The van der Waals surface area contributed by atoms with Crippen LogP contribution in [-0.4, -0.2) is 47.0 Å². The van der Waals surface area contributed by atoms with Crippen molar-refractivity contribution in [3.05, 3.63) is 0 Å². The van der Waals surface area contributed by atoms with Gasteiger partial charge in [-0.15, -0.1) is 0 Å². The van der Waals surface area contributed by atoms with E-state index in [1.807, 2.05) is 0 Å². The van der Waals surface area contributed by atoms with Crippen LogP contribution in [-0.2, 0) is 19.4 Å². The predicted octanol–water partition coefficient (Wildman–Crippen LogP) is -0.872. The molecule has 0 amide bonds. The standard InChI is InChI=1S/C8H13FO6/c1-4(11)7(13)8(6(9)3-10)15-14-5(2)12/h3-4,6-8,11,13H,1-2H3/t4-,6+,7+,8-/m0/s1. The molecule has 0 unspecified atom stereocenters. The molecule has 2 N–H and O–H groups in total. The second-order valence-corrected chi connectivity index (χ2v) is 2.95. The number of alkyl halides is 1. The lowest BCUT2D eigenvalue weighted by molar-refractivity contribution is -0.321. The van der Waals surface area contributed by atoms with Crippen molar-refractivity contribution in [2.75, 3.05) is 0 Å². The molecule has 0 saturated heterocycles. The molecular formula is C8H13FO6. The first-order valence-corrected chi connectivity index (χ1v) is 4.19. The van der Waals surface area contributed by atoms with Gasteiger partial charge in [-0.3, -0.25) is 4.89 Å². The first-order chi connectivity index (χ1) is 6.90. The summed E-state index contributed by atoms with van der Waals surface area (Å²) < 4.78 is 12.9. The van der Waals surface area contributed by atoms with Gasteiger partial charge in [0.05, 0.1) is 6.10 Å². The van der Waals surface area contributed by atoms with Gasteiger partial charge in [0.25, 0.3) is 0 Å². The Bertz CT molecular complexity index is 219. The van der Waals surface area contributed by atoms with Crippen LogP contribution >= 0.6 is 0 Å². The van der Waals surface area contributed by atoms with Gasteiger partial charge < -0.3 is 15.0 Å². The molecule has 88 valence electrons. The van der Waals surface area contributed by atoms with Crippen molar-refractivity contribution in [3.63, 3.8) is 0 Å². The third kappa shape index (κ3) is 4.82. The summed E-state index contributed by atoms with van der Waals surface area (Å²) in [6.07, 6.45) is -7.08. The lowest BCUT2D eigenvalue weighted by atomic mass is 10.1. The van der Waals surface area contributed by atoms with Gasteiger partial charge in [0, 0.05) is 6.92 Å². The summed E-state index contributed by atoms with van der Waals surface area (Å²) in [5.41, 5.74) is 0. The highest BCUT2D eigenvalue weighted by Crippen LogP contribution is 2.11. The molecule has 0 aliphatic rings. The number of carbonyl (C=O) groups is 2. The summed E-state index contributed by atoms with van der Waals surface area (Å²) in [6.45, 7) is 2.17. The number of hydrogen-bond acceptors (Lipinski definition) is 6. The van der Waals surface area contributed by atoms with Gasteiger partial charge in [0.15, 0.2) is 18.6 Å². The Morgan fingerprint density at radius 1 is 1.47 bits per heavy atom. The average Bonchev–Trinajstić information content (AvgIpc) is 2.16. The molecular weight excluding hydrogens is 211 g/mol. The first-order valence-electron chi connectivity index (χ1n) is 4.19. The summed E-state index contributed by atoms with van der Waals surface area (Å²) in [6, 6.07) is 0. The van der Waals surface area contributed by atoms with Gasteiger partial charge in [-0.1, -0.05) is 0 Å². The van der Waals surface area contributed by atoms with Gasteiger partial charge in [0.1, 0.15) is 6.10 Å². The summed E-state index contributed by atoms with van der Waals surface area (Å²) in [5.74, 6) is -0.865. The molecule has 0 aliphatic heterocycles. The second-order valence-electron chi connectivity index (χ2n) is 2.95. The minimum absolute atomic E-state index is 0.125. The lowest BCUT2D eigenvalue weighted by Gasteiger charge is -2.23. The zero-order valence-electron chi connectivity index (χ0n) is 8.29. The second kappa shape index (κ2) is 6.44. The third-order valence-electron chi connectivity index (χ3n) is 1.55. The van der Waals surface area contributed by atoms with Crippen molar-refractivity contribution in [1.82, 2.24) is 0 Å². The summed E-state index contributed by atoms with van der Waals surface area (Å²) in [7, 11) is 0. The number of carbonyl (C=O) groups excluding carboxylic acids is 2. The predicted molar refractivity (Wildman–Crippen MR) is 45.3 cm³/mol. The summed E-state index contributed by atoms with van der Waals surface area (Å²) in [4.78, 5) is 28.7. The first kappa shape index (κ1) is 13.9. The maximum atomic E-state index is 12.9. The van der Waals surface area contributed by atoms with E-state index in [0.717, 1.165) is 6.92 Å². The van der Waals surface area contributed by atoms with E-state index in [-0.39, 0.29) is 6.29 Å². The van der Waals surface area contributed by atoms with Crippen LogP contribution in [0.5, 0.6) is 0 Å². The van der Waals surface area contributed by atoms with Crippen molar-refractivity contribution in [2.24, 2.45) is 0 Å². The van der Waals surface area contributed by atoms with Gasteiger partial charge in [0.2, 0.25) is 0 Å². The van der Waals surface area contributed by atoms with Crippen molar-refractivity contribution in [3.8, 4) is 0 Å². The number of halogens is 1. The van der Waals surface area contributed by atoms with Gasteiger partial charge in [-0.05, 0) is 6.92 Å². The Hall–Kier alpha value is -1.05. The Labute approximate surface area is 85.5 Å². The summed E-state index contributed by atoms with van der Waals surface area (Å²) >= 11 is 0. The van der Waals surface area contributed by atoms with Gasteiger partial charge >= 0.3 is 5.97 Å². The minimum atomic E-state index is -2.20. The maximum absolute atomic E-state index is 12.9. The number of aldehydes is 1. The molecule has 0 aromatic heterocycles. The van der Waals surface area contributed by atoms with E-state index in [0.29, 0.717) is 0 Å². The van der Waals surface area contributed by atoms with E-state index in [9.17, 15) is 19.1 Å². The van der Waals surface area contributed by atoms with Crippen LogP contribution in [0.4, 0.5) is 4.39 Å². The number of rotatable bonds is 6. The fourth-order valence-electron chi connectivity index (χ4n) is 0.774. The van der Waals surface area contributed by atoms with E-state index in [4.69, 9.17) is 5.11 Å². The quantitative estimate of drug-likeness (QED) is 0.346.